The maximum Gasteiger partial charge on any atom is 0.283 e. The highest BCUT2D eigenvalue weighted by Gasteiger charge is 2.20. The molecule has 27 heavy (non-hydrogen) atoms. The summed E-state index contributed by atoms with van der Waals surface area (Å²) in [4.78, 5) is 22.8. The fourth-order valence-corrected chi connectivity index (χ4v) is 2.64. The summed E-state index contributed by atoms with van der Waals surface area (Å²) in [5, 5.41) is 14.0. The van der Waals surface area contributed by atoms with Gasteiger partial charge in [-0.25, -0.2) is 0 Å². The molecular formula is C20H15ClN2O4. The molecule has 0 aromatic heterocycles. The molecule has 0 bridgehead atoms. The van der Waals surface area contributed by atoms with Gasteiger partial charge in [0.25, 0.3) is 11.6 Å². The molecule has 3 rings (SSSR count). The van der Waals surface area contributed by atoms with Crippen LogP contribution >= 0.6 is 11.6 Å². The first kappa shape index (κ1) is 18.4. The van der Waals surface area contributed by atoms with Gasteiger partial charge in [-0.2, -0.15) is 0 Å². The van der Waals surface area contributed by atoms with Crippen LogP contribution in [0, 0.1) is 10.1 Å². The van der Waals surface area contributed by atoms with Gasteiger partial charge in [0, 0.05) is 17.6 Å². The zero-order chi connectivity index (χ0) is 19.2. The Balaban J connectivity index is 1.69. The molecule has 3 aromatic carbocycles. The van der Waals surface area contributed by atoms with Crippen molar-refractivity contribution in [3.8, 4) is 11.5 Å². The molecule has 136 valence electrons. The molecule has 3 aromatic rings. The molecule has 0 aliphatic carbocycles. The second kappa shape index (κ2) is 8.33. The number of nitrogens with zero attached hydrogens (tertiary/aromatic N) is 1. The zero-order valence-electron chi connectivity index (χ0n) is 14.1. The van der Waals surface area contributed by atoms with Crippen molar-refractivity contribution in [3.63, 3.8) is 0 Å². The highest BCUT2D eigenvalue weighted by Crippen LogP contribution is 2.24. The number of nitrogens with one attached hydrogen (secondary N) is 1. The third kappa shape index (κ3) is 4.83. The highest BCUT2D eigenvalue weighted by atomic mass is 35.5. The quantitative estimate of drug-likeness (QED) is 0.482. The first-order valence-corrected chi connectivity index (χ1v) is 8.45. The monoisotopic (exact) mass is 382 g/mol. The van der Waals surface area contributed by atoms with Crippen LogP contribution < -0.4 is 10.1 Å². The van der Waals surface area contributed by atoms with E-state index in [9.17, 15) is 14.9 Å². The second-order valence-electron chi connectivity index (χ2n) is 5.66. The molecule has 0 unspecified atom stereocenters. The lowest BCUT2D eigenvalue weighted by atomic mass is 10.1. The number of rotatable bonds is 6. The molecule has 0 atom stereocenters. The van der Waals surface area contributed by atoms with Crippen molar-refractivity contribution in [2.24, 2.45) is 0 Å². The largest absolute Gasteiger partial charge is 0.457 e. The average Bonchev–Trinajstić information content (AvgIpc) is 2.67. The third-order valence-corrected chi connectivity index (χ3v) is 3.97. The summed E-state index contributed by atoms with van der Waals surface area (Å²) in [6, 6.07) is 20.5. The van der Waals surface area contributed by atoms with Gasteiger partial charge in [-0.1, -0.05) is 41.9 Å². The van der Waals surface area contributed by atoms with Crippen molar-refractivity contribution in [3.05, 3.63) is 99.1 Å². The predicted octanol–water partition coefficient (Wildman–Crippen LogP) is 4.97. The molecule has 6 nitrogen and oxygen atoms in total. The van der Waals surface area contributed by atoms with Crippen LogP contribution in [0.25, 0.3) is 0 Å². The second-order valence-corrected chi connectivity index (χ2v) is 6.10. The fraction of sp³-hybridized carbons (Fsp3) is 0.0500. The van der Waals surface area contributed by atoms with Gasteiger partial charge < -0.3 is 10.1 Å². The molecule has 7 heteroatoms. The Hall–Kier alpha value is -3.38. The molecule has 0 heterocycles. The number of halogens is 1. The summed E-state index contributed by atoms with van der Waals surface area (Å²) in [5.74, 6) is 0.786. The summed E-state index contributed by atoms with van der Waals surface area (Å²) in [6.45, 7) is 0.199. The van der Waals surface area contributed by atoms with E-state index < -0.39 is 10.8 Å². The van der Waals surface area contributed by atoms with Crippen molar-refractivity contribution in [1.29, 1.82) is 0 Å². The Morgan fingerprint density at radius 2 is 1.74 bits per heavy atom. The van der Waals surface area contributed by atoms with Crippen LogP contribution in [0.4, 0.5) is 5.69 Å². The van der Waals surface area contributed by atoms with Crippen LogP contribution in [0.5, 0.6) is 11.5 Å². The Morgan fingerprint density at radius 3 is 2.48 bits per heavy atom. The van der Waals surface area contributed by atoms with Gasteiger partial charge in [0.2, 0.25) is 0 Å². The lowest BCUT2D eigenvalue weighted by Crippen LogP contribution is -2.23. The first-order valence-electron chi connectivity index (χ1n) is 8.07. The number of para-hydroxylation sites is 1. The van der Waals surface area contributed by atoms with Crippen molar-refractivity contribution < 1.29 is 14.5 Å². The average molecular weight is 383 g/mol. The predicted molar refractivity (Wildman–Crippen MR) is 102 cm³/mol. The number of carbonyl (C=O) groups excluding carboxylic acids is 1. The smallest absolute Gasteiger partial charge is 0.283 e. The van der Waals surface area contributed by atoms with Crippen LogP contribution in [0.15, 0.2) is 72.8 Å². The lowest BCUT2D eigenvalue weighted by molar-refractivity contribution is -0.385. The lowest BCUT2D eigenvalue weighted by Gasteiger charge is -2.09. The molecular weight excluding hydrogens is 368 g/mol. The summed E-state index contributed by atoms with van der Waals surface area (Å²) < 4.78 is 5.76. The summed E-state index contributed by atoms with van der Waals surface area (Å²) >= 11 is 5.77. The van der Waals surface area contributed by atoms with E-state index in [-0.39, 0.29) is 22.8 Å². The summed E-state index contributed by atoms with van der Waals surface area (Å²) in [5.41, 5.74) is 0.427. The van der Waals surface area contributed by atoms with Gasteiger partial charge in [0.1, 0.15) is 17.1 Å². The SMILES string of the molecule is O=C(NCc1cccc(Oc2ccccc2)c1)c1ccc(Cl)cc1[N+](=O)[O-]. The van der Waals surface area contributed by atoms with E-state index in [2.05, 4.69) is 5.32 Å². The standard InChI is InChI=1S/C20H15ClN2O4/c21-15-9-10-18(19(12-15)23(25)26)20(24)22-13-14-5-4-8-17(11-14)27-16-6-2-1-3-7-16/h1-12H,13H2,(H,22,24). The topological polar surface area (TPSA) is 81.5 Å². The van der Waals surface area contributed by atoms with E-state index >= 15 is 0 Å². The Morgan fingerprint density at radius 1 is 1.00 bits per heavy atom. The highest BCUT2D eigenvalue weighted by molar-refractivity contribution is 6.31. The zero-order valence-corrected chi connectivity index (χ0v) is 14.8. The molecule has 0 saturated carbocycles. The third-order valence-electron chi connectivity index (χ3n) is 3.73. The van der Waals surface area contributed by atoms with Crippen molar-refractivity contribution in [2.75, 3.05) is 0 Å². The Kier molecular flexibility index (Phi) is 5.68. The van der Waals surface area contributed by atoms with Crippen molar-refractivity contribution in [2.45, 2.75) is 6.54 Å². The molecule has 0 saturated heterocycles. The number of hydrogen-bond donors (Lipinski definition) is 1. The molecule has 0 radical (unpaired) electrons. The minimum absolute atomic E-state index is 0.0407. The number of ether oxygens (including phenoxy) is 1. The fourth-order valence-electron chi connectivity index (χ4n) is 2.47. The Labute approximate surface area is 160 Å². The van der Waals surface area contributed by atoms with Crippen LogP contribution in [0.3, 0.4) is 0 Å². The maximum absolute atomic E-state index is 12.3. The number of carbonyl (C=O) groups is 1. The molecule has 0 fully saturated rings. The van der Waals surface area contributed by atoms with E-state index in [4.69, 9.17) is 16.3 Å². The van der Waals surface area contributed by atoms with E-state index in [0.717, 1.165) is 11.6 Å². The van der Waals surface area contributed by atoms with E-state index in [1.54, 1.807) is 6.07 Å². The number of nitro groups is 1. The Bertz CT molecular complexity index is 977. The minimum Gasteiger partial charge on any atom is -0.457 e. The van der Waals surface area contributed by atoms with Crippen LogP contribution in [0.1, 0.15) is 15.9 Å². The van der Waals surface area contributed by atoms with Crippen molar-refractivity contribution >= 4 is 23.2 Å². The number of amides is 1. The normalized spacial score (nSPS) is 10.3. The molecule has 1 N–H and O–H groups in total. The number of nitro benzene ring substituents is 1. The van der Waals surface area contributed by atoms with Crippen LogP contribution in [-0.4, -0.2) is 10.8 Å². The van der Waals surface area contributed by atoms with Gasteiger partial charge in [-0.3, -0.25) is 14.9 Å². The van der Waals surface area contributed by atoms with Gasteiger partial charge in [-0.05, 0) is 42.0 Å². The first-order chi connectivity index (χ1) is 13.0. The van der Waals surface area contributed by atoms with Gasteiger partial charge in [-0.15, -0.1) is 0 Å². The van der Waals surface area contributed by atoms with Crippen LogP contribution in [0.2, 0.25) is 5.02 Å². The van der Waals surface area contributed by atoms with Crippen LogP contribution in [-0.2, 0) is 6.54 Å². The van der Waals surface area contributed by atoms with E-state index in [1.165, 1.54) is 12.1 Å². The molecule has 1 amide bonds. The number of hydrogen-bond acceptors (Lipinski definition) is 4. The van der Waals surface area contributed by atoms with Gasteiger partial charge in [0.15, 0.2) is 0 Å². The van der Waals surface area contributed by atoms with Crippen molar-refractivity contribution in [1.82, 2.24) is 5.32 Å². The minimum atomic E-state index is -0.630. The molecule has 0 aliphatic rings. The van der Waals surface area contributed by atoms with Gasteiger partial charge >= 0.3 is 0 Å². The number of benzene rings is 3. The summed E-state index contributed by atoms with van der Waals surface area (Å²) in [6.07, 6.45) is 0. The maximum atomic E-state index is 12.3. The van der Waals surface area contributed by atoms with E-state index in [1.807, 2.05) is 48.5 Å². The van der Waals surface area contributed by atoms with E-state index in [0.29, 0.717) is 11.5 Å². The summed E-state index contributed by atoms with van der Waals surface area (Å²) in [7, 11) is 0. The van der Waals surface area contributed by atoms with Gasteiger partial charge in [0.05, 0.1) is 4.92 Å². The molecule has 0 spiro atoms. The molecule has 0 aliphatic heterocycles.